The van der Waals surface area contributed by atoms with E-state index < -0.39 is 11.0 Å². The molecule has 0 unspecified atom stereocenters. The van der Waals surface area contributed by atoms with Crippen LogP contribution in [0.15, 0.2) is 24.3 Å². The smallest absolute Gasteiger partial charge is 0.424 e. The molecule has 1 amide bonds. The molecular weight excluding hydrogens is 226 g/mol. The molecule has 0 heterocycles. The first-order valence-electron chi connectivity index (χ1n) is 4.97. The lowest BCUT2D eigenvalue weighted by Crippen LogP contribution is -2.37. The topological polar surface area (TPSA) is 98.7 Å². The highest BCUT2D eigenvalue weighted by atomic mass is 16.6. The first-order chi connectivity index (χ1) is 8.06. The van der Waals surface area contributed by atoms with Crippen molar-refractivity contribution in [1.29, 1.82) is 0 Å². The van der Waals surface area contributed by atoms with E-state index in [1.807, 2.05) is 0 Å². The van der Waals surface area contributed by atoms with Crippen LogP contribution in [-0.2, 0) is 11.3 Å². The molecule has 17 heavy (non-hydrogen) atoms. The maximum absolute atomic E-state index is 11.2. The molecule has 92 valence electrons. The molecule has 7 heteroatoms. The molecule has 0 radical (unpaired) electrons. The third-order valence-electron chi connectivity index (χ3n) is 2.11. The van der Waals surface area contributed by atoms with Gasteiger partial charge in [-0.2, -0.15) is 0 Å². The fourth-order valence-corrected chi connectivity index (χ4v) is 1.16. The molecule has 0 atom stereocenters. The van der Waals surface area contributed by atoms with Crippen molar-refractivity contribution in [3.63, 3.8) is 0 Å². The Labute approximate surface area is 97.9 Å². The Morgan fingerprint density at radius 1 is 1.53 bits per heavy atom. The molecular formula is C10H13N3O4. The number of hydrazine groups is 1. The van der Waals surface area contributed by atoms with Crippen LogP contribution in [0.5, 0.6) is 0 Å². The summed E-state index contributed by atoms with van der Waals surface area (Å²) in [5.41, 5.74) is 0.246. The van der Waals surface area contributed by atoms with Crippen molar-refractivity contribution in [2.45, 2.75) is 13.5 Å². The first kappa shape index (κ1) is 12.9. The molecule has 0 saturated heterocycles. The Morgan fingerprint density at radius 3 is 2.76 bits per heavy atom. The number of benzene rings is 1. The molecule has 0 spiro atoms. The zero-order valence-electron chi connectivity index (χ0n) is 9.33. The molecule has 0 aliphatic rings. The Bertz CT molecular complexity index is 422. The zero-order chi connectivity index (χ0) is 12.8. The monoisotopic (exact) mass is 239 g/mol. The van der Waals surface area contributed by atoms with E-state index in [0.717, 1.165) is 5.01 Å². The summed E-state index contributed by atoms with van der Waals surface area (Å²) < 4.78 is 4.83. The number of para-hydroxylation sites is 1. The Hall–Kier alpha value is -2.15. The van der Waals surface area contributed by atoms with Crippen LogP contribution < -0.4 is 5.84 Å². The summed E-state index contributed by atoms with van der Waals surface area (Å²) in [6.07, 6.45) is -0.717. The normalized spacial score (nSPS) is 9.76. The lowest BCUT2D eigenvalue weighted by atomic mass is 10.2. The number of hydrogen-bond donors (Lipinski definition) is 1. The van der Waals surface area contributed by atoms with E-state index in [1.54, 1.807) is 19.1 Å². The van der Waals surface area contributed by atoms with Crippen LogP contribution in [0.3, 0.4) is 0 Å². The number of ether oxygens (including phenoxy) is 1. The Morgan fingerprint density at radius 2 is 2.18 bits per heavy atom. The van der Waals surface area contributed by atoms with Crippen molar-refractivity contribution in [3.05, 3.63) is 39.9 Å². The average molecular weight is 239 g/mol. The van der Waals surface area contributed by atoms with Crippen molar-refractivity contribution in [2.75, 3.05) is 6.54 Å². The molecule has 1 aromatic rings. The summed E-state index contributed by atoms with van der Waals surface area (Å²) in [5.74, 6) is 5.30. The van der Waals surface area contributed by atoms with Gasteiger partial charge in [-0.1, -0.05) is 12.1 Å². The van der Waals surface area contributed by atoms with Gasteiger partial charge < -0.3 is 4.74 Å². The van der Waals surface area contributed by atoms with Gasteiger partial charge in [-0.25, -0.2) is 15.6 Å². The fourth-order valence-electron chi connectivity index (χ4n) is 1.16. The van der Waals surface area contributed by atoms with Gasteiger partial charge in [0.15, 0.2) is 0 Å². The van der Waals surface area contributed by atoms with E-state index in [9.17, 15) is 14.9 Å². The molecule has 0 bridgehead atoms. The number of carbonyl (C=O) groups is 1. The largest absolute Gasteiger partial charge is 0.443 e. The standard InChI is InChI=1S/C10H13N3O4/c1-2-12(11)10(14)17-7-8-5-3-4-6-9(8)13(15)16/h3-6H,2,7,11H2,1H3. The molecule has 0 aliphatic carbocycles. The second-order valence-electron chi connectivity index (χ2n) is 3.23. The van der Waals surface area contributed by atoms with Crippen molar-refractivity contribution < 1.29 is 14.5 Å². The minimum atomic E-state index is -0.717. The maximum Gasteiger partial charge on any atom is 0.424 e. The summed E-state index contributed by atoms with van der Waals surface area (Å²) in [7, 11) is 0. The summed E-state index contributed by atoms with van der Waals surface area (Å²) in [6.45, 7) is 1.81. The van der Waals surface area contributed by atoms with Gasteiger partial charge in [0.2, 0.25) is 0 Å². The highest BCUT2D eigenvalue weighted by Gasteiger charge is 2.15. The highest BCUT2D eigenvalue weighted by Crippen LogP contribution is 2.18. The van der Waals surface area contributed by atoms with Crippen LogP contribution >= 0.6 is 0 Å². The molecule has 0 aliphatic heterocycles. The van der Waals surface area contributed by atoms with Crippen LogP contribution in [0, 0.1) is 10.1 Å². The molecule has 0 aromatic heterocycles. The van der Waals surface area contributed by atoms with Crippen molar-refractivity contribution in [2.24, 2.45) is 5.84 Å². The van der Waals surface area contributed by atoms with Crippen LogP contribution in [-0.4, -0.2) is 22.6 Å². The third-order valence-corrected chi connectivity index (χ3v) is 2.11. The number of hydrogen-bond acceptors (Lipinski definition) is 5. The first-order valence-corrected chi connectivity index (χ1v) is 4.97. The van der Waals surface area contributed by atoms with Crippen molar-refractivity contribution in [3.8, 4) is 0 Å². The second-order valence-corrected chi connectivity index (χ2v) is 3.23. The lowest BCUT2D eigenvalue weighted by molar-refractivity contribution is -0.385. The van der Waals surface area contributed by atoms with E-state index in [0.29, 0.717) is 12.1 Å². The molecule has 7 nitrogen and oxygen atoms in total. The average Bonchev–Trinajstić information content (AvgIpc) is 2.35. The molecule has 1 rings (SSSR count). The number of carbonyl (C=O) groups excluding carboxylic acids is 1. The van der Waals surface area contributed by atoms with E-state index >= 15 is 0 Å². The summed E-state index contributed by atoms with van der Waals surface area (Å²) >= 11 is 0. The number of nitrogens with two attached hydrogens (primary N) is 1. The fraction of sp³-hybridized carbons (Fsp3) is 0.300. The van der Waals surface area contributed by atoms with E-state index in [2.05, 4.69) is 0 Å². The minimum absolute atomic E-state index is 0.0830. The molecule has 2 N–H and O–H groups in total. The van der Waals surface area contributed by atoms with Crippen LogP contribution in [0.25, 0.3) is 0 Å². The zero-order valence-corrected chi connectivity index (χ0v) is 9.33. The Kier molecular flexibility index (Phi) is 4.41. The second kappa shape index (κ2) is 5.80. The number of amides is 1. The van der Waals surface area contributed by atoms with Gasteiger partial charge in [-0.15, -0.1) is 0 Å². The van der Waals surface area contributed by atoms with E-state index in [1.165, 1.54) is 12.1 Å². The van der Waals surface area contributed by atoms with Gasteiger partial charge in [0.25, 0.3) is 5.69 Å². The number of nitrogens with zero attached hydrogens (tertiary/aromatic N) is 2. The summed E-state index contributed by atoms with van der Waals surface area (Å²) in [4.78, 5) is 21.4. The van der Waals surface area contributed by atoms with Crippen LogP contribution in [0.1, 0.15) is 12.5 Å². The maximum atomic E-state index is 11.2. The molecule has 1 aromatic carbocycles. The third kappa shape index (κ3) is 3.42. The van der Waals surface area contributed by atoms with E-state index in [4.69, 9.17) is 10.6 Å². The highest BCUT2D eigenvalue weighted by molar-refractivity contribution is 5.66. The Balaban J connectivity index is 2.69. The van der Waals surface area contributed by atoms with Gasteiger partial charge in [0.1, 0.15) is 6.61 Å². The summed E-state index contributed by atoms with van der Waals surface area (Å²) in [6, 6.07) is 6.06. The number of nitro groups is 1. The SMILES string of the molecule is CCN(N)C(=O)OCc1ccccc1[N+](=O)[O-]. The molecule has 0 saturated carbocycles. The minimum Gasteiger partial charge on any atom is -0.443 e. The summed E-state index contributed by atoms with van der Waals surface area (Å²) in [5, 5.41) is 11.6. The lowest BCUT2D eigenvalue weighted by Gasteiger charge is -2.13. The van der Waals surface area contributed by atoms with E-state index in [-0.39, 0.29) is 12.3 Å². The van der Waals surface area contributed by atoms with Crippen molar-refractivity contribution in [1.82, 2.24) is 5.01 Å². The van der Waals surface area contributed by atoms with Crippen molar-refractivity contribution >= 4 is 11.8 Å². The number of rotatable bonds is 4. The van der Waals surface area contributed by atoms with Gasteiger partial charge in [0.05, 0.1) is 10.5 Å². The van der Waals surface area contributed by atoms with Crippen LogP contribution in [0.2, 0.25) is 0 Å². The number of nitro benzene ring substituents is 1. The predicted molar refractivity (Wildman–Crippen MR) is 59.8 cm³/mol. The molecule has 0 fully saturated rings. The van der Waals surface area contributed by atoms with Gasteiger partial charge in [-0.3, -0.25) is 10.1 Å². The predicted octanol–water partition coefficient (Wildman–Crippen LogP) is 1.43. The van der Waals surface area contributed by atoms with Gasteiger partial charge in [0, 0.05) is 12.6 Å². The van der Waals surface area contributed by atoms with Gasteiger partial charge in [-0.05, 0) is 13.0 Å². The quantitative estimate of drug-likeness (QED) is 0.371. The van der Waals surface area contributed by atoms with Gasteiger partial charge >= 0.3 is 6.09 Å². The van der Waals surface area contributed by atoms with Crippen LogP contribution in [0.4, 0.5) is 10.5 Å².